The summed E-state index contributed by atoms with van der Waals surface area (Å²) in [5.74, 6) is -0.0547. The maximum atomic E-state index is 13.1. The van der Waals surface area contributed by atoms with Crippen LogP contribution in [0.3, 0.4) is 0 Å². The van der Waals surface area contributed by atoms with Crippen LogP contribution in [0.15, 0.2) is 35.3 Å². The minimum Gasteiger partial charge on any atom is -0.399 e. The Kier molecular flexibility index (Phi) is 8.13. The van der Waals surface area contributed by atoms with Gasteiger partial charge in [-0.25, -0.2) is 0 Å². The molecule has 1 aromatic carbocycles. The van der Waals surface area contributed by atoms with Gasteiger partial charge in [0.2, 0.25) is 0 Å². The Morgan fingerprint density at radius 3 is 2.42 bits per heavy atom. The monoisotopic (exact) mass is 448 g/mol. The number of carbonyl (C=O) groups is 1. The number of hydrogen-bond donors (Lipinski definition) is 2. The van der Waals surface area contributed by atoms with Gasteiger partial charge in [-0.3, -0.25) is 15.1 Å². The van der Waals surface area contributed by atoms with E-state index in [1.165, 1.54) is 17.6 Å². The summed E-state index contributed by atoms with van der Waals surface area (Å²) in [6.45, 7) is 7.83. The molecular formula is C26H39BN5O. The zero-order chi connectivity index (χ0) is 23.2. The number of hydrogen-bond acceptors (Lipinski definition) is 5. The summed E-state index contributed by atoms with van der Waals surface area (Å²) in [5, 5.41) is 8.85. The fourth-order valence-electron chi connectivity index (χ4n) is 5.47. The Labute approximate surface area is 199 Å². The number of nitrogens with two attached hydrogens (primary N) is 1. The first kappa shape index (κ1) is 23.9. The van der Waals surface area contributed by atoms with Crippen molar-refractivity contribution in [2.24, 2.45) is 0 Å². The fourth-order valence-corrected chi connectivity index (χ4v) is 5.47. The number of benzene rings is 1. The van der Waals surface area contributed by atoms with E-state index in [1.54, 1.807) is 0 Å². The van der Waals surface area contributed by atoms with Crippen LogP contribution in [0.2, 0.25) is 6.32 Å². The second kappa shape index (κ2) is 11.2. The Bertz CT molecular complexity index is 854. The topological polar surface area (TPSA) is 76.7 Å². The van der Waals surface area contributed by atoms with Crippen molar-refractivity contribution in [2.45, 2.75) is 64.2 Å². The molecule has 2 saturated heterocycles. The molecule has 0 aromatic heterocycles. The molecule has 177 valence electrons. The highest BCUT2D eigenvalue weighted by Crippen LogP contribution is 2.31. The van der Waals surface area contributed by atoms with Crippen LogP contribution in [-0.4, -0.2) is 74.0 Å². The average molecular weight is 448 g/mol. The van der Waals surface area contributed by atoms with Gasteiger partial charge in [-0.1, -0.05) is 19.7 Å². The van der Waals surface area contributed by atoms with Crippen LogP contribution in [-0.2, 0) is 4.79 Å². The summed E-state index contributed by atoms with van der Waals surface area (Å²) in [6.07, 6.45) is 8.37. The standard InChI is InChI=1S/C26H39BN5O/c1-2-12-27-24-11-10-22(19-23(24)25(29)26(33)32-13-4-3-5-14-32)31-17-15-30(16-18-31)21-8-6-20(28)7-9-21/h6-9,22,29H,2-5,10-19,28H2,1H3. The minimum atomic E-state index is -0.0547. The Morgan fingerprint density at radius 2 is 1.76 bits per heavy atom. The van der Waals surface area contributed by atoms with Gasteiger partial charge >= 0.3 is 0 Å². The zero-order valence-corrected chi connectivity index (χ0v) is 20.2. The molecule has 7 heteroatoms. The van der Waals surface area contributed by atoms with E-state index in [-0.39, 0.29) is 11.6 Å². The van der Waals surface area contributed by atoms with Gasteiger partial charge in [0, 0.05) is 56.7 Å². The highest BCUT2D eigenvalue weighted by atomic mass is 16.2. The third-order valence-corrected chi connectivity index (χ3v) is 7.50. The van der Waals surface area contributed by atoms with Crippen LogP contribution in [0, 0.1) is 5.41 Å². The molecule has 1 radical (unpaired) electrons. The Balaban J connectivity index is 1.41. The smallest absolute Gasteiger partial charge is 0.271 e. The molecule has 2 fully saturated rings. The molecule has 1 atom stereocenters. The van der Waals surface area contributed by atoms with Crippen molar-refractivity contribution in [3.8, 4) is 0 Å². The van der Waals surface area contributed by atoms with Crippen LogP contribution in [0.5, 0.6) is 0 Å². The van der Waals surface area contributed by atoms with Gasteiger partial charge in [-0.15, -0.1) is 5.47 Å². The molecule has 0 bridgehead atoms. The lowest BCUT2D eigenvalue weighted by molar-refractivity contribution is -0.124. The normalized spacial score (nSPS) is 22.4. The van der Waals surface area contributed by atoms with Gasteiger partial charge in [0.05, 0.1) is 0 Å². The maximum Gasteiger partial charge on any atom is 0.271 e. The third kappa shape index (κ3) is 5.81. The third-order valence-electron chi connectivity index (χ3n) is 7.50. The van der Waals surface area contributed by atoms with E-state index in [2.05, 4.69) is 36.1 Å². The van der Waals surface area contributed by atoms with Crippen molar-refractivity contribution in [3.05, 3.63) is 35.3 Å². The van der Waals surface area contributed by atoms with E-state index in [0.717, 1.165) is 95.4 Å². The van der Waals surface area contributed by atoms with E-state index in [0.29, 0.717) is 6.04 Å². The molecule has 0 spiro atoms. The van der Waals surface area contributed by atoms with Crippen molar-refractivity contribution in [3.63, 3.8) is 0 Å². The van der Waals surface area contributed by atoms with E-state index >= 15 is 0 Å². The predicted molar refractivity (Wildman–Crippen MR) is 138 cm³/mol. The summed E-state index contributed by atoms with van der Waals surface area (Å²) >= 11 is 0. The van der Waals surface area contributed by atoms with Crippen molar-refractivity contribution >= 4 is 30.3 Å². The van der Waals surface area contributed by atoms with Crippen molar-refractivity contribution in [2.75, 3.05) is 49.9 Å². The average Bonchev–Trinajstić information content (AvgIpc) is 2.87. The number of rotatable bonds is 7. The number of nitrogens with zero attached hydrogens (tertiary/aromatic N) is 3. The number of piperidine rings is 1. The fraction of sp³-hybridized carbons (Fsp3) is 0.615. The molecule has 6 nitrogen and oxygen atoms in total. The van der Waals surface area contributed by atoms with Crippen molar-refractivity contribution < 1.29 is 4.79 Å². The van der Waals surface area contributed by atoms with Gasteiger partial charge in [-0.05, 0) is 68.4 Å². The van der Waals surface area contributed by atoms with E-state index in [4.69, 9.17) is 11.1 Å². The molecule has 2 aliphatic heterocycles. The molecule has 1 unspecified atom stereocenters. The summed E-state index contributed by atoms with van der Waals surface area (Å²) in [5.41, 5.74) is 10.4. The van der Waals surface area contributed by atoms with Gasteiger partial charge in [0.15, 0.2) is 0 Å². The molecule has 3 aliphatic rings. The molecule has 2 heterocycles. The molecule has 4 rings (SSSR count). The largest absolute Gasteiger partial charge is 0.399 e. The molecule has 1 aromatic rings. The predicted octanol–water partition coefficient (Wildman–Crippen LogP) is 3.76. The molecule has 0 saturated carbocycles. The highest BCUT2D eigenvalue weighted by molar-refractivity contribution is 6.51. The summed E-state index contributed by atoms with van der Waals surface area (Å²) in [6, 6.07) is 8.58. The van der Waals surface area contributed by atoms with Gasteiger partial charge < -0.3 is 15.5 Å². The Morgan fingerprint density at radius 1 is 1.06 bits per heavy atom. The second-order valence-electron chi connectivity index (χ2n) is 9.74. The Hall–Kier alpha value is -2.28. The van der Waals surface area contributed by atoms with Crippen LogP contribution in [0.25, 0.3) is 0 Å². The maximum absolute atomic E-state index is 13.1. The van der Waals surface area contributed by atoms with Crippen molar-refractivity contribution in [1.82, 2.24) is 9.80 Å². The lowest BCUT2D eigenvalue weighted by Crippen LogP contribution is -2.51. The van der Waals surface area contributed by atoms with Crippen LogP contribution < -0.4 is 10.6 Å². The number of likely N-dealkylation sites (tertiary alicyclic amines) is 1. The number of amides is 1. The second-order valence-corrected chi connectivity index (χ2v) is 9.74. The first-order valence-corrected chi connectivity index (χ1v) is 12.8. The number of allylic oxidation sites excluding steroid dienone is 1. The minimum absolute atomic E-state index is 0.0547. The number of anilines is 2. The van der Waals surface area contributed by atoms with Gasteiger partial charge in [0.1, 0.15) is 13.0 Å². The summed E-state index contributed by atoms with van der Waals surface area (Å²) < 4.78 is 0. The summed E-state index contributed by atoms with van der Waals surface area (Å²) in [7, 11) is 2.29. The van der Waals surface area contributed by atoms with Crippen molar-refractivity contribution in [1.29, 1.82) is 5.41 Å². The first-order chi connectivity index (χ1) is 16.1. The molecule has 1 amide bonds. The lowest BCUT2D eigenvalue weighted by atomic mass is 9.59. The molecule has 33 heavy (non-hydrogen) atoms. The van der Waals surface area contributed by atoms with E-state index in [1.807, 2.05) is 17.0 Å². The van der Waals surface area contributed by atoms with Gasteiger partial charge in [-0.2, -0.15) is 0 Å². The lowest BCUT2D eigenvalue weighted by Gasteiger charge is -2.42. The van der Waals surface area contributed by atoms with Crippen LogP contribution in [0.4, 0.5) is 11.4 Å². The quantitative estimate of drug-likeness (QED) is 0.378. The zero-order valence-electron chi connectivity index (χ0n) is 20.2. The van der Waals surface area contributed by atoms with E-state index in [9.17, 15) is 4.79 Å². The highest BCUT2D eigenvalue weighted by Gasteiger charge is 2.32. The summed E-state index contributed by atoms with van der Waals surface area (Å²) in [4.78, 5) is 20.1. The SMILES string of the molecule is CCC[B]C1=C(C(=N)C(=O)N2CCCCC2)CC(N2CCN(c3ccc(N)cc3)CC2)CC1. The molecular weight excluding hydrogens is 409 g/mol. The van der Waals surface area contributed by atoms with Crippen LogP contribution >= 0.6 is 0 Å². The number of nitrogens with one attached hydrogen (secondary N) is 1. The molecule has 1 aliphatic carbocycles. The van der Waals surface area contributed by atoms with Crippen LogP contribution in [0.1, 0.15) is 51.9 Å². The molecule has 3 N–H and O–H groups in total. The number of nitrogen functional groups attached to an aromatic ring is 1. The number of piperazine rings is 1. The van der Waals surface area contributed by atoms with E-state index < -0.39 is 0 Å². The number of carbonyl (C=O) groups excluding carboxylic acids is 1. The van der Waals surface area contributed by atoms with Gasteiger partial charge in [0.25, 0.3) is 5.91 Å². The first-order valence-electron chi connectivity index (χ1n) is 12.8.